The van der Waals surface area contributed by atoms with Gasteiger partial charge in [0.25, 0.3) is 0 Å². The molecule has 4 nitrogen and oxygen atoms in total. The topological polar surface area (TPSA) is 67.3 Å². The Morgan fingerprint density at radius 1 is 0.826 bits per heavy atom. The van der Waals surface area contributed by atoms with Crippen molar-refractivity contribution >= 4 is 10.1 Å². The lowest BCUT2D eigenvalue weighted by atomic mass is 10.1. The first-order chi connectivity index (χ1) is 10.5. The van der Waals surface area contributed by atoms with Gasteiger partial charge in [-0.15, -0.1) is 0 Å². The summed E-state index contributed by atoms with van der Waals surface area (Å²) in [5.74, 6) is 0. The Labute approximate surface area is 131 Å². The third-order valence-corrected chi connectivity index (χ3v) is 3.58. The van der Waals surface area contributed by atoms with E-state index in [1.807, 2.05) is 18.2 Å². The minimum Gasteiger partial charge on any atom is -0.281 e. The molecule has 0 aliphatic carbocycles. The summed E-state index contributed by atoms with van der Waals surface area (Å²) in [6.07, 6.45) is -3.13. The predicted molar refractivity (Wildman–Crippen MR) is 74.5 cm³/mol. The molecule has 0 amide bonds. The van der Waals surface area contributed by atoms with Gasteiger partial charge in [0.05, 0.1) is 0 Å². The molecule has 1 aromatic heterocycles. The fraction of sp³-hybridized carbons (Fsp3) is 0.615. The van der Waals surface area contributed by atoms with Crippen LogP contribution in [0.1, 0.15) is 38.5 Å². The van der Waals surface area contributed by atoms with Crippen molar-refractivity contribution in [1.29, 1.82) is 0 Å². The first-order valence-corrected chi connectivity index (χ1v) is 8.16. The molecule has 23 heavy (non-hydrogen) atoms. The molecule has 0 saturated heterocycles. The Morgan fingerprint density at radius 2 is 1.30 bits per heavy atom. The number of nitrogens with zero attached hydrogens (tertiary/aromatic N) is 1. The first kappa shape index (κ1) is 21.7. The maximum atomic E-state index is 12.6. The summed E-state index contributed by atoms with van der Waals surface area (Å²) >= 11 is 0. The molecule has 0 radical (unpaired) electrons. The largest absolute Gasteiger partial charge is 0.389 e. The van der Waals surface area contributed by atoms with Crippen molar-refractivity contribution in [1.82, 2.24) is 4.98 Å². The summed E-state index contributed by atoms with van der Waals surface area (Å²) in [6.45, 7) is 0. The van der Waals surface area contributed by atoms with Crippen LogP contribution in [0.25, 0.3) is 0 Å². The first-order valence-electron chi connectivity index (χ1n) is 6.72. The van der Waals surface area contributed by atoms with Crippen LogP contribution in [0.4, 0.5) is 22.0 Å². The quantitative estimate of drug-likeness (QED) is 0.441. The second-order valence-electron chi connectivity index (χ2n) is 4.67. The standard InChI is InChI=1S/C8H13F5O3S.C5H5N/c9-7(10,11)5-3-1-2-4-6-8(12,13)17(14,15)16;1-2-4-6-5-3-1/h1-6H2,(H,14,15,16);1-5H. The number of unbranched alkanes of at least 4 members (excludes halogenated alkanes) is 3. The maximum Gasteiger partial charge on any atom is 0.389 e. The van der Waals surface area contributed by atoms with Gasteiger partial charge in [-0.25, -0.2) is 0 Å². The number of pyridine rings is 1. The second-order valence-corrected chi connectivity index (χ2v) is 6.21. The number of rotatable bonds is 7. The van der Waals surface area contributed by atoms with Gasteiger partial charge in [-0.2, -0.15) is 30.4 Å². The van der Waals surface area contributed by atoms with E-state index in [0.717, 1.165) is 0 Å². The zero-order valence-electron chi connectivity index (χ0n) is 12.1. The van der Waals surface area contributed by atoms with Crippen LogP contribution in [0.2, 0.25) is 0 Å². The van der Waals surface area contributed by atoms with Crippen LogP contribution < -0.4 is 0 Å². The SMILES string of the molecule is O=S(=O)(O)C(F)(F)CCCCCCC(F)(F)F.c1ccncc1. The maximum absolute atomic E-state index is 12.6. The van der Waals surface area contributed by atoms with E-state index in [4.69, 9.17) is 4.55 Å². The van der Waals surface area contributed by atoms with Gasteiger partial charge < -0.3 is 0 Å². The molecular weight excluding hydrogens is 345 g/mol. The third kappa shape index (κ3) is 11.9. The Bertz CT molecular complexity index is 493. The van der Waals surface area contributed by atoms with Crippen molar-refractivity contribution < 1.29 is 34.9 Å². The average Bonchev–Trinajstić information content (AvgIpc) is 2.43. The van der Waals surface area contributed by atoms with Crippen molar-refractivity contribution in [2.24, 2.45) is 0 Å². The van der Waals surface area contributed by atoms with E-state index in [2.05, 4.69) is 4.98 Å². The number of hydrogen-bond donors (Lipinski definition) is 1. The normalized spacial score (nSPS) is 12.4. The van der Waals surface area contributed by atoms with Gasteiger partial charge >= 0.3 is 21.5 Å². The average molecular weight is 363 g/mol. The fourth-order valence-electron chi connectivity index (χ4n) is 1.45. The summed E-state index contributed by atoms with van der Waals surface area (Å²) in [5.41, 5.74) is 0. The van der Waals surface area contributed by atoms with E-state index in [9.17, 15) is 30.4 Å². The van der Waals surface area contributed by atoms with Crippen LogP contribution in [0, 0.1) is 0 Å². The van der Waals surface area contributed by atoms with Crippen molar-refractivity contribution in [3.8, 4) is 0 Å². The summed E-state index contributed by atoms with van der Waals surface area (Å²) in [7, 11) is -5.43. The highest BCUT2D eigenvalue weighted by atomic mass is 32.2. The van der Waals surface area contributed by atoms with E-state index in [0.29, 0.717) is 0 Å². The molecule has 1 N–H and O–H groups in total. The highest BCUT2D eigenvalue weighted by Crippen LogP contribution is 2.28. The molecule has 1 rings (SSSR count). The number of halogens is 5. The van der Waals surface area contributed by atoms with Gasteiger partial charge in [0.15, 0.2) is 0 Å². The highest BCUT2D eigenvalue weighted by molar-refractivity contribution is 7.86. The monoisotopic (exact) mass is 363 g/mol. The van der Waals surface area contributed by atoms with E-state index in [1.54, 1.807) is 12.4 Å². The fourth-order valence-corrected chi connectivity index (χ4v) is 1.85. The third-order valence-electron chi connectivity index (χ3n) is 2.62. The lowest BCUT2D eigenvalue weighted by Gasteiger charge is -2.12. The molecule has 10 heteroatoms. The molecule has 0 aliphatic rings. The predicted octanol–water partition coefficient (Wildman–Crippen LogP) is 4.45. The van der Waals surface area contributed by atoms with Crippen LogP contribution in [0.15, 0.2) is 30.6 Å². The lowest BCUT2D eigenvalue weighted by molar-refractivity contribution is -0.135. The van der Waals surface area contributed by atoms with Crippen molar-refractivity contribution in [3.63, 3.8) is 0 Å². The van der Waals surface area contributed by atoms with E-state index >= 15 is 0 Å². The van der Waals surface area contributed by atoms with Gasteiger partial charge in [-0.05, 0) is 25.0 Å². The van der Waals surface area contributed by atoms with Gasteiger partial charge in [-0.3, -0.25) is 9.54 Å². The molecule has 0 aromatic carbocycles. The molecule has 0 bridgehead atoms. The molecule has 0 saturated carbocycles. The van der Waals surface area contributed by atoms with Gasteiger partial charge in [0, 0.05) is 25.2 Å². The van der Waals surface area contributed by atoms with E-state index in [1.165, 1.54) is 0 Å². The van der Waals surface area contributed by atoms with Gasteiger partial charge in [0.1, 0.15) is 0 Å². The lowest BCUT2D eigenvalue weighted by Crippen LogP contribution is -2.27. The summed E-state index contributed by atoms with van der Waals surface area (Å²) in [4.78, 5) is 3.78. The minimum absolute atomic E-state index is 0.0567. The molecule has 0 unspecified atom stereocenters. The molecule has 1 heterocycles. The highest BCUT2D eigenvalue weighted by Gasteiger charge is 2.42. The smallest absolute Gasteiger partial charge is 0.281 e. The zero-order valence-corrected chi connectivity index (χ0v) is 13.0. The molecule has 0 fully saturated rings. The summed E-state index contributed by atoms with van der Waals surface area (Å²) < 4.78 is 88.7. The Hall–Kier alpha value is -1.29. The number of hydrogen-bond acceptors (Lipinski definition) is 3. The van der Waals surface area contributed by atoms with Crippen molar-refractivity contribution in [3.05, 3.63) is 30.6 Å². The Balaban J connectivity index is 0.000000664. The summed E-state index contributed by atoms with van der Waals surface area (Å²) in [5, 5.41) is -4.23. The van der Waals surface area contributed by atoms with Crippen molar-refractivity contribution in [2.75, 3.05) is 0 Å². The van der Waals surface area contributed by atoms with E-state index < -0.39 is 34.4 Å². The number of aromatic nitrogens is 1. The van der Waals surface area contributed by atoms with Gasteiger partial charge in [0.2, 0.25) is 0 Å². The zero-order chi connectivity index (χ0) is 18.0. The van der Waals surface area contributed by atoms with Crippen LogP contribution >= 0.6 is 0 Å². The molecule has 0 atom stereocenters. The molecule has 0 aliphatic heterocycles. The van der Waals surface area contributed by atoms with Crippen LogP contribution in [0.3, 0.4) is 0 Å². The van der Waals surface area contributed by atoms with Crippen LogP contribution in [-0.4, -0.2) is 29.4 Å². The van der Waals surface area contributed by atoms with Gasteiger partial charge in [-0.1, -0.05) is 18.9 Å². The van der Waals surface area contributed by atoms with Crippen LogP contribution in [0.5, 0.6) is 0 Å². The second kappa shape index (κ2) is 9.76. The minimum atomic E-state index is -5.43. The Kier molecular flexibility index (Phi) is 9.21. The van der Waals surface area contributed by atoms with E-state index in [-0.39, 0.29) is 25.7 Å². The molecule has 0 spiro atoms. The Morgan fingerprint density at radius 3 is 1.61 bits per heavy atom. The molecular formula is C13H18F5NO3S. The molecule has 134 valence electrons. The molecule has 1 aromatic rings. The summed E-state index contributed by atoms with van der Waals surface area (Å²) in [6, 6.07) is 5.72. The van der Waals surface area contributed by atoms with Crippen LogP contribution in [-0.2, 0) is 10.1 Å². The van der Waals surface area contributed by atoms with Crippen molar-refractivity contribution in [2.45, 2.75) is 50.0 Å². The number of alkyl halides is 5.